The zero-order chi connectivity index (χ0) is 15.9. The molecule has 0 aliphatic heterocycles. The number of hydrogen-bond donors (Lipinski definition) is 2. The summed E-state index contributed by atoms with van der Waals surface area (Å²) in [5.74, 6) is -0.429. The molecule has 1 aromatic carbocycles. The second-order valence-corrected chi connectivity index (χ2v) is 7.53. The fourth-order valence-electron chi connectivity index (χ4n) is 2.28. The van der Waals surface area contributed by atoms with Gasteiger partial charge in [0, 0.05) is 17.2 Å². The summed E-state index contributed by atoms with van der Waals surface area (Å²) < 4.78 is 22.6. The van der Waals surface area contributed by atoms with E-state index in [1.54, 1.807) is 6.07 Å². The summed E-state index contributed by atoms with van der Waals surface area (Å²) in [6.45, 7) is 0. The van der Waals surface area contributed by atoms with Gasteiger partial charge in [0.25, 0.3) is 0 Å². The van der Waals surface area contributed by atoms with Crippen LogP contribution in [0.15, 0.2) is 29.4 Å². The van der Waals surface area contributed by atoms with Crippen LogP contribution in [0.4, 0.5) is 5.95 Å². The van der Waals surface area contributed by atoms with E-state index in [-0.39, 0.29) is 28.8 Å². The molecule has 0 radical (unpaired) electrons. The van der Waals surface area contributed by atoms with Crippen LogP contribution < -0.4 is 5.32 Å². The van der Waals surface area contributed by atoms with E-state index < -0.39 is 9.84 Å². The second-order valence-electron chi connectivity index (χ2n) is 5.20. The normalized spacial score (nSPS) is 20.6. The molecule has 1 fully saturated rings. The molecule has 2 atom stereocenters. The van der Waals surface area contributed by atoms with E-state index in [0.717, 1.165) is 11.8 Å². The van der Waals surface area contributed by atoms with Crippen molar-refractivity contribution in [2.24, 2.45) is 5.92 Å². The average molecular weight is 341 g/mol. The van der Waals surface area contributed by atoms with E-state index in [2.05, 4.69) is 20.5 Å². The number of sulfone groups is 1. The smallest absolute Gasteiger partial charge is 0.249 e. The van der Waals surface area contributed by atoms with Crippen LogP contribution in [-0.2, 0) is 14.6 Å². The Bertz CT molecular complexity index is 833. The first-order chi connectivity index (χ1) is 10.4. The Morgan fingerprint density at radius 3 is 2.77 bits per heavy atom. The highest BCUT2D eigenvalue weighted by Gasteiger charge is 2.45. The van der Waals surface area contributed by atoms with Gasteiger partial charge in [0.15, 0.2) is 0 Å². The number of carbonyl (C=O) groups excluding carboxylic acids is 1. The molecule has 1 aliphatic rings. The number of benzene rings is 1. The van der Waals surface area contributed by atoms with Gasteiger partial charge in [-0.15, -0.1) is 5.10 Å². The predicted octanol–water partition coefficient (Wildman–Crippen LogP) is 1.60. The number of nitrogens with zero attached hydrogens (tertiary/aromatic N) is 2. The first-order valence-electron chi connectivity index (χ1n) is 6.54. The van der Waals surface area contributed by atoms with Crippen molar-refractivity contribution in [2.45, 2.75) is 17.5 Å². The van der Waals surface area contributed by atoms with Crippen molar-refractivity contribution in [2.75, 3.05) is 11.6 Å². The maximum Gasteiger partial charge on any atom is 0.249 e. The molecule has 1 aromatic heterocycles. The third-order valence-electron chi connectivity index (χ3n) is 3.48. The summed E-state index contributed by atoms with van der Waals surface area (Å²) in [5, 5.41) is 8.83. The molecule has 1 heterocycles. The van der Waals surface area contributed by atoms with Crippen LogP contribution in [-0.4, -0.2) is 35.8 Å². The Hall–Kier alpha value is -1.93. The van der Waals surface area contributed by atoms with Crippen LogP contribution in [0.25, 0.3) is 0 Å². The molecule has 7 nitrogen and oxygen atoms in total. The average Bonchev–Trinajstić information content (AvgIpc) is 3.09. The van der Waals surface area contributed by atoms with Crippen molar-refractivity contribution in [1.29, 1.82) is 0 Å². The molecule has 3 rings (SSSR count). The first-order valence-corrected chi connectivity index (χ1v) is 8.81. The van der Waals surface area contributed by atoms with Gasteiger partial charge in [-0.1, -0.05) is 29.8 Å². The molecular formula is C13H13ClN4O3S. The van der Waals surface area contributed by atoms with Crippen LogP contribution >= 0.6 is 11.6 Å². The number of anilines is 1. The van der Waals surface area contributed by atoms with Gasteiger partial charge in [0.2, 0.25) is 26.8 Å². The van der Waals surface area contributed by atoms with Crippen molar-refractivity contribution in [3.63, 3.8) is 0 Å². The summed E-state index contributed by atoms with van der Waals surface area (Å²) in [6.07, 6.45) is 1.70. The van der Waals surface area contributed by atoms with E-state index in [1.807, 2.05) is 18.2 Å². The van der Waals surface area contributed by atoms with Gasteiger partial charge in [0.1, 0.15) is 0 Å². The quantitative estimate of drug-likeness (QED) is 0.879. The standard InChI is InChI=1S/C13H13ClN4O3S/c1-22(20,21)13-16-12(17-18-13)15-11(19)9-6-8(9)7-4-2-3-5-10(7)14/h2-5,8-9H,6H2,1H3,(H2,15,16,17,18,19). The number of rotatable bonds is 4. The third-order valence-corrected chi connectivity index (χ3v) is 4.71. The lowest BCUT2D eigenvalue weighted by Crippen LogP contribution is -2.15. The Labute approximate surface area is 132 Å². The topological polar surface area (TPSA) is 105 Å². The van der Waals surface area contributed by atoms with E-state index in [0.29, 0.717) is 11.4 Å². The number of H-pyrrole nitrogens is 1. The molecule has 116 valence electrons. The largest absolute Gasteiger partial charge is 0.293 e. The molecule has 2 aromatic rings. The van der Waals surface area contributed by atoms with E-state index in [9.17, 15) is 13.2 Å². The molecule has 0 bridgehead atoms. The molecule has 2 N–H and O–H groups in total. The number of carbonyl (C=O) groups is 1. The first kappa shape index (κ1) is 15.0. The Balaban J connectivity index is 1.67. The maximum atomic E-state index is 12.1. The molecule has 1 aliphatic carbocycles. The molecule has 22 heavy (non-hydrogen) atoms. The zero-order valence-electron chi connectivity index (χ0n) is 11.6. The zero-order valence-corrected chi connectivity index (χ0v) is 13.1. The van der Waals surface area contributed by atoms with Crippen LogP contribution in [0.3, 0.4) is 0 Å². The van der Waals surface area contributed by atoms with Gasteiger partial charge in [-0.05, 0) is 24.0 Å². The van der Waals surface area contributed by atoms with Gasteiger partial charge in [0.05, 0.1) is 0 Å². The molecular weight excluding hydrogens is 328 g/mol. The lowest BCUT2D eigenvalue weighted by molar-refractivity contribution is -0.117. The van der Waals surface area contributed by atoms with E-state index in [1.165, 1.54) is 0 Å². The van der Waals surface area contributed by atoms with Crippen LogP contribution in [0.1, 0.15) is 17.9 Å². The van der Waals surface area contributed by atoms with Crippen LogP contribution in [0.2, 0.25) is 5.02 Å². The highest BCUT2D eigenvalue weighted by molar-refractivity contribution is 7.90. The fraction of sp³-hybridized carbons (Fsp3) is 0.308. The van der Waals surface area contributed by atoms with Crippen molar-refractivity contribution in [3.8, 4) is 0 Å². The SMILES string of the molecule is CS(=O)(=O)c1nc(NC(=O)C2CC2c2ccccc2Cl)n[nH]1. The van der Waals surface area contributed by atoms with Crippen molar-refractivity contribution in [3.05, 3.63) is 34.9 Å². The molecule has 0 saturated heterocycles. The van der Waals surface area contributed by atoms with E-state index >= 15 is 0 Å². The summed E-state index contributed by atoms with van der Waals surface area (Å²) in [5.41, 5.74) is 0.941. The van der Waals surface area contributed by atoms with Crippen molar-refractivity contribution >= 4 is 33.3 Å². The van der Waals surface area contributed by atoms with Gasteiger partial charge >= 0.3 is 0 Å². The lowest BCUT2D eigenvalue weighted by Gasteiger charge is -2.03. The fourth-order valence-corrected chi connectivity index (χ4v) is 3.02. The third kappa shape index (κ3) is 2.97. The second kappa shape index (κ2) is 5.36. The Morgan fingerprint density at radius 1 is 1.41 bits per heavy atom. The van der Waals surface area contributed by atoms with Gasteiger partial charge in [-0.25, -0.2) is 13.5 Å². The molecule has 1 saturated carbocycles. The Morgan fingerprint density at radius 2 is 2.14 bits per heavy atom. The summed E-state index contributed by atoms with van der Waals surface area (Å²) in [6, 6.07) is 7.40. The number of aromatic amines is 1. The van der Waals surface area contributed by atoms with Crippen molar-refractivity contribution in [1.82, 2.24) is 15.2 Å². The number of amides is 1. The predicted molar refractivity (Wildman–Crippen MR) is 80.4 cm³/mol. The number of nitrogens with one attached hydrogen (secondary N) is 2. The number of halogens is 1. The minimum Gasteiger partial charge on any atom is -0.293 e. The minimum atomic E-state index is -3.48. The highest BCUT2D eigenvalue weighted by Crippen LogP contribution is 2.49. The molecule has 2 unspecified atom stereocenters. The summed E-state index contributed by atoms with van der Waals surface area (Å²) in [4.78, 5) is 15.9. The molecule has 9 heteroatoms. The Kier molecular flexibility index (Phi) is 3.65. The van der Waals surface area contributed by atoms with Crippen LogP contribution in [0.5, 0.6) is 0 Å². The summed E-state index contributed by atoms with van der Waals surface area (Å²) in [7, 11) is -3.48. The van der Waals surface area contributed by atoms with Crippen molar-refractivity contribution < 1.29 is 13.2 Å². The number of aromatic nitrogens is 3. The summed E-state index contributed by atoms with van der Waals surface area (Å²) >= 11 is 6.11. The lowest BCUT2D eigenvalue weighted by atomic mass is 10.1. The van der Waals surface area contributed by atoms with Gasteiger partial charge in [-0.2, -0.15) is 4.98 Å². The number of hydrogen-bond acceptors (Lipinski definition) is 5. The molecule has 0 spiro atoms. The van der Waals surface area contributed by atoms with Gasteiger partial charge in [-0.3, -0.25) is 10.1 Å². The van der Waals surface area contributed by atoms with Crippen LogP contribution in [0, 0.1) is 5.92 Å². The van der Waals surface area contributed by atoms with Gasteiger partial charge < -0.3 is 0 Å². The maximum absolute atomic E-state index is 12.1. The highest BCUT2D eigenvalue weighted by atomic mass is 35.5. The molecule has 1 amide bonds. The van der Waals surface area contributed by atoms with E-state index in [4.69, 9.17) is 11.6 Å². The minimum absolute atomic E-state index is 0.0461. The monoisotopic (exact) mass is 340 g/mol.